The maximum atomic E-state index is 12.3. The fourth-order valence-electron chi connectivity index (χ4n) is 2.23. The molecule has 3 rings (SSSR count). The second-order valence-corrected chi connectivity index (χ2v) is 5.66. The lowest BCUT2D eigenvalue weighted by Gasteiger charge is -2.07. The van der Waals surface area contributed by atoms with Crippen molar-refractivity contribution in [3.8, 4) is 0 Å². The number of carbonyl (C=O) groups is 1. The van der Waals surface area contributed by atoms with Crippen molar-refractivity contribution in [2.45, 2.75) is 11.7 Å². The van der Waals surface area contributed by atoms with Crippen LogP contribution in [0, 0.1) is 0 Å². The molecular weight excluding hydrogens is 314 g/mol. The summed E-state index contributed by atoms with van der Waals surface area (Å²) in [6.07, 6.45) is 6.54. The zero-order chi connectivity index (χ0) is 16.4. The molecule has 1 amide bonds. The van der Waals surface area contributed by atoms with Crippen LogP contribution in [0.3, 0.4) is 0 Å². The molecule has 0 bridgehead atoms. The number of amides is 1. The Bertz CT molecular complexity index is 931. The van der Waals surface area contributed by atoms with Gasteiger partial charge in [-0.3, -0.25) is 14.0 Å². The third-order valence-electron chi connectivity index (χ3n) is 3.51. The Balaban J connectivity index is 1.82. The minimum Gasteiger partial charge on any atom is -0.346 e. The van der Waals surface area contributed by atoms with Crippen LogP contribution in [0.5, 0.6) is 0 Å². The average Bonchev–Trinajstić information content (AvgIpc) is 2.93. The summed E-state index contributed by atoms with van der Waals surface area (Å²) in [4.78, 5) is 33.0. The van der Waals surface area contributed by atoms with Crippen molar-refractivity contribution in [2.24, 2.45) is 7.05 Å². The number of hydrogen-bond donors (Lipinski definition) is 1. The molecule has 1 N–H and O–H groups in total. The molecule has 3 aromatic heterocycles. The molecular formula is C15H15N5O2S. The number of hydrogen-bond acceptors (Lipinski definition) is 5. The highest BCUT2D eigenvalue weighted by molar-refractivity contribution is 7.98. The first kappa shape index (κ1) is 15.3. The van der Waals surface area contributed by atoms with Crippen LogP contribution in [0.2, 0.25) is 0 Å². The molecule has 0 aliphatic carbocycles. The minimum absolute atomic E-state index is 0.0148. The first-order chi connectivity index (χ1) is 11.1. The average molecular weight is 329 g/mol. The van der Waals surface area contributed by atoms with E-state index < -0.39 is 5.91 Å². The number of thioether (sulfide) groups is 1. The van der Waals surface area contributed by atoms with E-state index in [9.17, 15) is 9.59 Å². The van der Waals surface area contributed by atoms with Crippen molar-refractivity contribution >= 4 is 23.3 Å². The molecule has 0 saturated carbocycles. The number of fused-ring (bicyclic) bond motifs is 1. The van der Waals surface area contributed by atoms with Gasteiger partial charge in [-0.15, -0.1) is 0 Å². The second-order valence-electron chi connectivity index (χ2n) is 4.88. The Kier molecular flexibility index (Phi) is 4.16. The summed E-state index contributed by atoms with van der Waals surface area (Å²) in [6.45, 7) is 0.291. The predicted molar refractivity (Wildman–Crippen MR) is 87.6 cm³/mol. The van der Waals surface area contributed by atoms with Crippen LogP contribution >= 0.6 is 11.8 Å². The van der Waals surface area contributed by atoms with Crippen LogP contribution in [-0.2, 0) is 13.6 Å². The van der Waals surface area contributed by atoms with Crippen LogP contribution < -0.4 is 10.9 Å². The highest BCUT2D eigenvalue weighted by atomic mass is 32.2. The van der Waals surface area contributed by atoms with Crippen LogP contribution in [-0.4, -0.2) is 31.1 Å². The first-order valence-electron chi connectivity index (χ1n) is 6.91. The van der Waals surface area contributed by atoms with Crippen molar-refractivity contribution < 1.29 is 4.79 Å². The van der Waals surface area contributed by atoms with Gasteiger partial charge in [-0.2, -0.15) is 0 Å². The van der Waals surface area contributed by atoms with E-state index in [-0.39, 0.29) is 11.1 Å². The summed E-state index contributed by atoms with van der Waals surface area (Å²) >= 11 is 1.53. The van der Waals surface area contributed by atoms with E-state index >= 15 is 0 Å². The van der Waals surface area contributed by atoms with Gasteiger partial charge in [-0.05, 0) is 18.4 Å². The molecule has 0 spiro atoms. The highest BCUT2D eigenvalue weighted by Crippen LogP contribution is 2.13. The molecule has 0 atom stereocenters. The molecule has 0 aliphatic rings. The Morgan fingerprint density at radius 2 is 2.13 bits per heavy atom. The summed E-state index contributed by atoms with van der Waals surface area (Å²) in [5, 5.41) is 3.60. The monoisotopic (exact) mass is 329 g/mol. The van der Waals surface area contributed by atoms with Crippen LogP contribution in [0.1, 0.15) is 16.1 Å². The fraction of sp³-hybridized carbons (Fsp3) is 0.200. The predicted octanol–water partition coefficient (Wildman–Crippen LogP) is 1.08. The van der Waals surface area contributed by atoms with E-state index in [0.717, 1.165) is 10.9 Å². The molecule has 0 saturated heterocycles. The normalized spacial score (nSPS) is 10.9. The van der Waals surface area contributed by atoms with Gasteiger partial charge in [0.1, 0.15) is 11.2 Å². The Morgan fingerprint density at radius 3 is 2.87 bits per heavy atom. The maximum Gasteiger partial charge on any atom is 0.270 e. The molecule has 3 aromatic rings. The highest BCUT2D eigenvalue weighted by Gasteiger charge is 2.14. The van der Waals surface area contributed by atoms with Gasteiger partial charge in [0.05, 0.1) is 18.4 Å². The lowest BCUT2D eigenvalue weighted by atomic mass is 10.3. The standard InChI is InChI=1S/C15H15N5O2S/c1-19-10(8-18-15(19)23-2)7-17-13(21)11-9-16-12-5-3-4-6-20(12)14(11)22/h3-6,8-9H,7H2,1-2H3,(H,17,21). The summed E-state index contributed by atoms with van der Waals surface area (Å²) < 4.78 is 3.25. The number of nitrogens with one attached hydrogen (secondary N) is 1. The largest absolute Gasteiger partial charge is 0.346 e. The van der Waals surface area contributed by atoms with E-state index in [0.29, 0.717) is 12.2 Å². The molecule has 118 valence electrons. The van der Waals surface area contributed by atoms with Crippen LogP contribution in [0.4, 0.5) is 0 Å². The van der Waals surface area contributed by atoms with Gasteiger partial charge in [-0.1, -0.05) is 17.8 Å². The van der Waals surface area contributed by atoms with Crippen LogP contribution in [0.25, 0.3) is 5.65 Å². The molecule has 23 heavy (non-hydrogen) atoms. The van der Waals surface area contributed by atoms with Crippen LogP contribution in [0.15, 0.2) is 46.7 Å². The van der Waals surface area contributed by atoms with E-state index in [2.05, 4.69) is 15.3 Å². The Labute approximate surface area is 136 Å². The molecule has 0 aliphatic heterocycles. The molecule has 0 unspecified atom stereocenters. The lowest BCUT2D eigenvalue weighted by molar-refractivity contribution is 0.0948. The Hall–Kier alpha value is -2.61. The van der Waals surface area contributed by atoms with Crippen molar-refractivity contribution in [1.82, 2.24) is 24.3 Å². The number of carbonyl (C=O) groups excluding carboxylic acids is 1. The van der Waals surface area contributed by atoms with Crippen molar-refractivity contribution in [2.75, 3.05) is 6.26 Å². The number of nitrogens with zero attached hydrogens (tertiary/aromatic N) is 4. The molecule has 0 fully saturated rings. The fourth-order valence-corrected chi connectivity index (χ4v) is 2.78. The number of imidazole rings is 1. The lowest BCUT2D eigenvalue weighted by Crippen LogP contribution is -2.31. The Morgan fingerprint density at radius 1 is 1.30 bits per heavy atom. The van der Waals surface area contributed by atoms with Gasteiger partial charge in [0.2, 0.25) is 0 Å². The smallest absolute Gasteiger partial charge is 0.270 e. The van der Waals surface area contributed by atoms with Crippen molar-refractivity contribution in [3.63, 3.8) is 0 Å². The summed E-state index contributed by atoms with van der Waals surface area (Å²) in [7, 11) is 1.88. The van der Waals surface area contributed by atoms with Gasteiger partial charge in [0, 0.05) is 19.4 Å². The topological polar surface area (TPSA) is 81.3 Å². The third kappa shape index (κ3) is 2.85. The number of aromatic nitrogens is 4. The number of pyridine rings is 1. The third-order valence-corrected chi connectivity index (χ3v) is 4.26. The summed E-state index contributed by atoms with van der Waals surface area (Å²) in [5.74, 6) is -0.451. The van der Waals surface area contributed by atoms with Gasteiger partial charge in [0.15, 0.2) is 5.16 Å². The zero-order valence-corrected chi connectivity index (χ0v) is 13.5. The zero-order valence-electron chi connectivity index (χ0n) is 12.7. The molecule has 3 heterocycles. The van der Waals surface area contributed by atoms with Crippen molar-refractivity contribution in [1.29, 1.82) is 0 Å². The van der Waals surface area contributed by atoms with E-state index in [1.807, 2.05) is 17.9 Å². The SMILES string of the molecule is CSc1ncc(CNC(=O)c2cnc3ccccn3c2=O)n1C. The maximum absolute atomic E-state index is 12.3. The summed E-state index contributed by atoms with van der Waals surface area (Å²) in [6, 6.07) is 5.22. The summed E-state index contributed by atoms with van der Waals surface area (Å²) in [5.41, 5.74) is 0.991. The molecule has 0 radical (unpaired) electrons. The van der Waals surface area contributed by atoms with Gasteiger partial charge < -0.3 is 9.88 Å². The molecule has 7 nitrogen and oxygen atoms in total. The van der Waals surface area contributed by atoms with E-state index in [1.165, 1.54) is 22.4 Å². The molecule has 8 heteroatoms. The number of rotatable bonds is 4. The second kappa shape index (κ2) is 6.25. The van der Waals surface area contributed by atoms with Gasteiger partial charge >= 0.3 is 0 Å². The van der Waals surface area contributed by atoms with Gasteiger partial charge in [0.25, 0.3) is 11.5 Å². The molecule has 0 aromatic carbocycles. The first-order valence-corrected chi connectivity index (χ1v) is 8.13. The van der Waals surface area contributed by atoms with E-state index in [4.69, 9.17) is 0 Å². The quantitative estimate of drug-likeness (QED) is 0.725. The minimum atomic E-state index is -0.451. The van der Waals surface area contributed by atoms with Crippen molar-refractivity contribution in [3.05, 3.63) is 58.4 Å². The van der Waals surface area contributed by atoms with E-state index in [1.54, 1.807) is 30.6 Å². The van der Waals surface area contributed by atoms with Gasteiger partial charge in [-0.25, -0.2) is 9.97 Å².